The third-order valence-electron chi connectivity index (χ3n) is 5.07. The number of carbonyl (C=O) groups excluding carboxylic acids is 1. The van der Waals surface area contributed by atoms with E-state index in [-0.39, 0.29) is 24.2 Å². The van der Waals surface area contributed by atoms with Gasteiger partial charge >= 0.3 is 0 Å². The Labute approximate surface area is 138 Å². The smallest absolute Gasteiger partial charge is 0.259 e. The van der Waals surface area contributed by atoms with Crippen molar-refractivity contribution in [3.8, 4) is 0 Å². The van der Waals surface area contributed by atoms with Crippen molar-refractivity contribution in [2.24, 2.45) is 5.41 Å². The molecule has 2 aliphatic rings. The predicted octanol–water partition coefficient (Wildman–Crippen LogP) is 2.74. The fraction of sp³-hybridized carbons (Fsp3) is 0.750. The average molecular weight is 328 g/mol. The van der Waals surface area contributed by atoms with Gasteiger partial charge in [0.05, 0.1) is 5.69 Å². The quantitative estimate of drug-likeness (QED) is 0.907. The van der Waals surface area contributed by atoms with E-state index in [1.165, 1.54) is 6.42 Å². The molecule has 3 heterocycles. The van der Waals surface area contributed by atoms with Crippen molar-refractivity contribution in [2.75, 3.05) is 26.2 Å². The standard InChI is InChI=1S/C16H25N3O2.ClH/c1-11(2)14-13(12(3)18-21-14)15(20)19-8-5-16(6-9-19)4-7-17-10-16;/h11,17H,4-10H2,1-3H3;1H. The second kappa shape index (κ2) is 6.59. The summed E-state index contributed by atoms with van der Waals surface area (Å²) in [5, 5.41) is 7.45. The summed E-state index contributed by atoms with van der Waals surface area (Å²) in [4.78, 5) is 14.8. The van der Waals surface area contributed by atoms with E-state index in [0.717, 1.165) is 44.8 Å². The van der Waals surface area contributed by atoms with Crippen LogP contribution in [0.3, 0.4) is 0 Å². The van der Waals surface area contributed by atoms with E-state index in [2.05, 4.69) is 10.5 Å². The summed E-state index contributed by atoms with van der Waals surface area (Å²) in [6, 6.07) is 0. The Hall–Kier alpha value is -1.07. The Morgan fingerprint density at radius 1 is 1.32 bits per heavy atom. The van der Waals surface area contributed by atoms with E-state index in [4.69, 9.17) is 4.52 Å². The van der Waals surface area contributed by atoms with Crippen molar-refractivity contribution in [2.45, 2.75) is 46.0 Å². The van der Waals surface area contributed by atoms with Gasteiger partial charge in [-0.3, -0.25) is 4.79 Å². The van der Waals surface area contributed by atoms with Gasteiger partial charge in [0.15, 0.2) is 5.76 Å². The lowest BCUT2D eigenvalue weighted by atomic mass is 9.77. The van der Waals surface area contributed by atoms with Gasteiger partial charge in [-0.05, 0) is 38.1 Å². The highest BCUT2D eigenvalue weighted by atomic mass is 35.5. The summed E-state index contributed by atoms with van der Waals surface area (Å²) < 4.78 is 5.35. The Kier molecular flexibility index (Phi) is 5.17. The van der Waals surface area contributed by atoms with Crippen LogP contribution in [0.15, 0.2) is 4.52 Å². The molecular weight excluding hydrogens is 302 g/mol. The normalized spacial score (nSPS) is 20.5. The number of aryl methyl sites for hydroxylation is 1. The van der Waals surface area contributed by atoms with E-state index in [1.54, 1.807) is 0 Å². The molecule has 0 unspecified atom stereocenters. The van der Waals surface area contributed by atoms with Crippen LogP contribution in [0.4, 0.5) is 0 Å². The van der Waals surface area contributed by atoms with E-state index < -0.39 is 0 Å². The van der Waals surface area contributed by atoms with E-state index in [9.17, 15) is 4.79 Å². The van der Waals surface area contributed by atoms with E-state index >= 15 is 0 Å². The molecule has 2 fully saturated rings. The minimum Gasteiger partial charge on any atom is -0.360 e. The summed E-state index contributed by atoms with van der Waals surface area (Å²) in [5.41, 5.74) is 1.83. The molecule has 2 saturated heterocycles. The topological polar surface area (TPSA) is 58.4 Å². The van der Waals surface area contributed by atoms with Gasteiger partial charge in [-0.1, -0.05) is 19.0 Å². The second-order valence-electron chi connectivity index (χ2n) is 6.88. The Bertz CT molecular complexity index is 525. The molecule has 124 valence electrons. The van der Waals surface area contributed by atoms with Gasteiger partial charge < -0.3 is 14.7 Å². The number of likely N-dealkylation sites (tertiary alicyclic amines) is 1. The van der Waals surface area contributed by atoms with Crippen molar-refractivity contribution in [3.05, 3.63) is 17.0 Å². The van der Waals surface area contributed by atoms with Gasteiger partial charge in [0.1, 0.15) is 5.56 Å². The molecule has 0 radical (unpaired) electrons. The maximum atomic E-state index is 12.8. The molecule has 0 bridgehead atoms. The number of rotatable bonds is 2. The molecule has 1 spiro atoms. The summed E-state index contributed by atoms with van der Waals surface area (Å²) in [7, 11) is 0. The van der Waals surface area contributed by atoms with Crippen LogP contribution in [0, 0.1) is 12.3 Å². The average Bonchev–Trinajstić information content (AvgIpc) is 3.06. The van der Waals surface area contributed by atoms with Gasteiger partial charge in [0, 0.05) is 25.6 Å². The van der Waals surface area contributed by atoms with Crippen LogP contribution in [-0.2, 0) is 0 Å². The van der Waals surface area contributed by atoms with Crippen molar-refractivity contribution >= 4 is 18.3 Å². The third-order valence-corrected chi connectivity index (χ3v) is 5.07. The number of amides is 1. The molecule has 0 aromatic carbocycles. The minimum absolute atomic E-state index is 0. The van der Waals surface area contributed by atoms with Crippen LogP contribution >= 0.6 is 12.4 Å². The van der Waals surface area contributed by atoms with Gasteiger partial charge in [-0.2, -0.15) is 0 Å². The van der Waals surface area contributed by atoms with Gasteiger partial charge in [-0.25, -0.2) is 0 Å². The second-order valence-corrected chi connectivity index (χ2v) is 6.88. The Balaban J connectivity index is 0.00000176. The van der Waals surface area contributed by atoms with Crippen LogP contribution in [0.2, 0.25) is 0 Å². The molecule has 2 aliphatic heterocycles. The monoisotopic (exact) mass is 327 g/mol. The van der Waals surface area contributed by atoms with Crippen molar-refractivity contribution < 1.29 is 9.32 Å². The molecule has 0 saturated carbocycles. The molecule has 1 aromatic rings. The molecule has 0 atom stereocenters. The number of piperidine rings is 1. The molecule has 6 heteroatoms. The van der Waals surface area contributed by atoms with Gasteiger partial charge in [0.25, 0.3) is 5.91 Å². The van der Waals surface area contributed by atoms with Crippen LogP contribution in [0.25, 0.3) is 0 Å². The first kappa shape index (κ1) is 17.3. The van der Waals surface area contributed by atoms with Crippen LogP contribution in [-0.4, -0.2) is 42.1 Å². The zero-order valence-corrected chi connectivity index (χ0v) is 14.5. The first-order chi connectivity index (χ1) is 10.0. The van der Waals surface area contributed by atoms with Gasteiger partial charge in [-0.15, -0.1) is 12.4 Å². The Morgan fingerprint density at radius 2 is 2.00 bits per heavy atom. The summed E-state index contributed by atoms with van der Waals surface area (Å²) >= 11 is 0. The maximum absolute atomic E-state index is 12.8. The fourth-order valence-corrected chi connectivity index (χ4v) is 3.61. The molecular formula is C16H26ClN3O2. The molecule has 1 aromatic heterocycles. The Morgan fingerprint density at radius 3 is 2.55 bits per heavy atom. The third kappa shape index (κ3) is 3.01. The van der Waals surface area contributed by atoms with E-state index in [1.807, 2.05) is 25.7 Å². The first-order valence-corrected chi connectivity index (χ1v) is 7.99. The predicted molar refractivity (Wildman–Crippen MR) is 87.6 cm³/mol. The largest absolute Gasteiger partial charge is 0.360 e. The molecule has 22 heavy (non-hydrogen) atoms. The molecule has 1 N–H and O–H groups in total. The molecule has 0 aliphatic carbocycles. The molecule has 1 amide bonds. The molecule has 5 nitrogen and oxygen atoms in total. The highest BCUT2D eigenvalue weighted by molar-refractivity contribution is 5.96. The van der Waals surface area contributed by atoms with Crippen molar-refractivity contribution in [1.29, 1.82) is 0 Å². The number of nitrogens with one attached hydrogen (secondary N) is 1. The number of hydrogen-bond acceptors (Lipinski definition) is 4. The zero-order valence-electron chi connectivity index (χ0n) is 13.6. The summed E-state index contributed by atoms with van der Waals surface area (Å²) in [6.45, 7) is 9.85. The first-order valence-electron chi connectivity index (χ1n) is 7.99. The lowest BCUT2D eigenvalue weighted by molar-refractivity contribution is 0.0604. The number of hydrogen-bond donors (Lipinski definition) is 1. The highest BCUT2D eigenvalue weighted by Gasteiger charge is 2.39. The summed E-state index contributed by atoms with van der Waals surface area (Å²) in [5.74, 6) is 0.999. The fourth-order valence-electron chi connectivity index (χ4n) is 3.61. The number of carbonyl (C=O) groups is 1. The maximum Gasteiger partial charge on any atom is 0.259 e. The molecule has 3 rings (SSSR count). The van der Waals surface area contributed by atoms with Crippen molar-refractivity contribution in [1.82, 2.24) is 15.4 Å². The lowest BCUT2D eigenvalue weighted by Crippen LogP contribution is -2.44. The zero-order chi connectivity index (χ0) is 15.0. The number of halogens is 1. The SMILES string of the molecule is Cc1noc(C(C)C)c1C(=O)N1CCC2(CCNC2)CC1.Cl. The lowest BCUT2D eigenvalue weighted by Gasteiger charge is -2.38. The van der Waals surface area contributed by atoms with Crippen LogP contribution in [0.5, 0.6) is 0 Å². The van der Waals surface area contributed by atoms with Crippen LogP contribution < -0.4 is 5.32 Å². The van der Waals surface area contributed by atoms with Crippen LogP contribution in [0.1, 0.15) is 60.8 Å². The van der Waals surface area contributed by atoms with E-state index in [0.29, 0.717) is 16.7 Å². The minimum atomic E-state index is 0. The number of nitrogens with zero attached hydrogens (tertiary/aromatic N) is 2. The summed E-state index contributed by atoms with van der Waals surface area (Å²) in [6.07, 6.45) is 3.46. The number of aromatic nitrogens is 1. The highest BCUT2D eigenvalue weighted by Crippen LogP contribution is 2.37. The van der Waals surface area contributed by atoms with Crippen molar-refractivity contribution in [3.63, 3.8) is 0 Å². The van der Waals surface area contributed by atoms with Gasteiger partial charge in [0.2, 0.25) is 0 Å².